The van der Waals surface area contributed by atoms with Crippen molar-refractivity contribution in [3.8, 4) is 17.2 Å². The normalized spacial score (nSPS) is 24.9. The van der Waals surface area contributed by atoms with Gasteiger partial charge < -0.3 is 28.6 Å². The molecule has 0 spiro atoms. The fourth-order valence-electron chi connectivity index (χ4n) is 5.03. The van der Waals surface area contributed by atoms with E-state index >= 15 is 0 Å². The summed E-state index contributed by atoms with van der Waals surface area (Å²) in [5, 5.41) is 11.7. The van der Waals surface area contributed by atoms with Crippen LogP contribution < -0.4 is 14.2 Å². The van der Waals surface area contributed by atoms with Crippen molar-refractivity contribution in [1.82, 2.24) is 4.90 Å². The maximum absolute atomic E-state index is 13.1. The van der Waals surface area contributed by atoms with Crippen LogP contribution in [0.15, 0.2) is 53.1 Å². The number of rotatable bonds is 5. The molecule has 7 heteroatoms. The predicted molar refractivity (Wildman–Crippen MR) is 118 cm³/mol. The molecule has 3 aromatic rings. The predicted octanol–water partition coefficient (Wildman–Crippen LogP) is 3.74. The van der Waals surface area contributed by atoms with E-state index in [4.69, 9.17) is 18.6 Å². The molecule has 0 radical (unpaired) electrons. The number of carbonyl (C=O) groups excluding carboxylic acids is 1. The highest BCUT2D eigenvalue weighted by molar-refractivity contribution is 5.97. The highest BCUT2D eigenvalue weighted by Gasteiger charge is 2.44. The van der Waals surface area contributed by atoms with Crippen LogP contribution in [0.4, 0.5) is 0 Å². The summed E-state index contributed by atoms with van der Waals surface area (Å²) in [6.45, 7) is 1.33. The number of ether oxygens (including phenoxy) is 3. The number of nitrogens with zero attached hydrogens (tertiary/aromatic N) is 1. The van der Waals surface area contributed by atoms with Crippen LogP contribution in [0.3, 0.4) is 0 Å². The van der Waals surface area contributed by atoms with Gasteiger partial charge in [-0.1, -0.05) is 0 Å². The Hall–Kier alpha value is -3.19. The van der Waals surface area contributed by atoms with Gasteiger partial charge in [0.05, 0.1) is 26.6 Å². The number of aliphatic hydroxyl groups excluding tert-OH is 1. The lowest BCUT2D eigenvalue weighted by Gasteiger charge is -2.35. The molecule has 4 atom stereocenters. The molecule has 1 aliphatic heterocycles. The minimum Gasteiger partial charge on any atom is -0.493 e. The van der Waals surface area contributed by atoms with Crippen LogP contribution in [0.5, 0.6) is 17.2 Å². The molecule has 32 heavy (non-hydrogen) atoms. The Morgan fingerprint density at radius 2 is 1.78 bits per heavy atom. The largest absolute Gasteiger partial charge is 0.493 e. The molecule has 5 rings (SSSR count). The van der Waals surface area contributed by atoms with Gasteiger partial charge in [0.2, 0.25) is 0 Å². The minimum absolute atomic E-state index is 0.0225. The van der Waals surface area contributed by atoms with E-state index in [-0.39, 0.29) is 17.9 Å². The molecule has 1 saturated heterocycles. The van der Waals surface area contributed by atoms with Crippen LogP contribution in [-0.2, 0) is 0 Å². The second-order valence-electron chi connectivity index (χ2n) is 8.62. The summed E-state index contributed by atoms with van der Waals surface area (Å²) in [6, 6.07) is 12.8. The number of fused-ring (bicyclic) bond motifs is 2. The molecule has 0 unspecified atom stereocenters. The van der Waals surface area contributed by atoms with E-state index in [0.29, 0.717) is 54.7 Å². The fraction of sp³-hybridized carbons (Fsp3) is 0.400. The molecule has 2 fully saturated rings. The molecular formula is C25H27NO6. The molecule has 1 saturated carbocycles. The highest BCUT2D eigenvalue weighted by Crippen LogP contribution is 2.39. The fourth-order valence-corrected chi connectivity index (χ4v) is 5.03. The van der Waals surface area contributed by atoms with Crippen LogP contribution >= 0.6 is 0 Å². The topological polar surface area (TPSA) is 81.4 Å². The van der Waals surface area contributed by atoms with Gasteiger partial charge in [-0.25, -0.2) is 0 Å². The van der Waals surface area contributed by atoms with Gasteiger partial charge in [0, 0.05) is 30.1 Å². The zero-order valence-electron chi connectivity index (χ0n) is 18.2. The number of likely N-dealkylation sites (tertiary alicyclic amines) is 1. The van der Waals surface area contributed by atoms with E-state index in [0.717, 1.165) is 11.0 Å². The summed E-state index contributed by atoms with van der Waals surface area (Å²) in [5.41, 5.74) is 1.44. The molecule has 1 N–H and O–H groups in total. The summed E-state index contributed by atoms with van der Waals surface area (Å²) >= 11 is 0. The summed E-state index contributed by atoms with van der Waals surface area (Å²) in [7, 11) is 3.17. The molecular weight excluding hydrogens is 410 g/mol. The van der Waals surface area contributed by atoms with Crippen LogP contribution in [0.2, 0.25) is 0 Å². The van der Waals surface area contributed by atoms with Crippen molar-refractivity contribution in [3.05, 3.63) is 54.3 Å². The average Bonchev–Trinajstić information content (AvgIpc) is 3.44. The Bertz CT molecular complexity index is 1120. The van der Waals surface area contributed by atoms with Crippen molar-refractivity contribution in [1.29, 1.82) is 0 Å². The molecule has 7 nitrogen and oxygen atoms in total. The van der Waals surface area contributed by atoms with Crippen molar-refractivity contribution in [2.45, 2.75) is 25.0 Å². The third-order valence-electron chi connectivity index (χ3n) is 6.71. The first-order valence-electron chi connectivity index (χ1n) is 10.9. The number of benzene rings is 2. The monoisotopic (exact) mass is 437 g/mol. The lowest BCUT2D eigenvalue weighted by molar-refractivity contribution is -0.0232. The van der Waals surface area contributed by atoms with Gasteiger partial charge in [-0.05, 0) is 61.1 Å². The molecule has 2 aromatic carbocycles. The number of amides is 1. The molecule has 0 bridgehead atoms. The van der Waals surface area contributed by atoms with Crippen molar-refractivity contribution in [3.63, 3.8) is 0 Å². The third-order valence-corrected chi connectivity index (χ3v) is 6.71. The second-order valence-corrected chi connectivity index (χ2v) is 8.62. The Labute approximate surface area is 186 Å². The average molecular weight is 437 g/mol. The Morgan fingerprint density at radius 3 is 2.56 bits per heavy atom. The van der Waals surface area contributed by atoms with E-state index in [1.54, 1.807) is 32.6 Å². The number of hydrogen-bond acceptors (Lipinski definition) is 6. The first-order valence-corrected chi connectivity index (χ1v) is 10.9. The summed E-state index contributed by atoms with van der Waals surface area (Å²) < 4.78 is 22.1. The van der Waals surface area contributed by atoms with Crippen LogP contribution in [-0.4, -0.2) is 55.4 Å². The van der Waals surface area contributed by atoms with Gasteiger partial charge in [0.25, 0.3) is 5.91 Å². The zero-order valence-corrected chi connectivity index (χ0v) is 18.2. The van der Waals surface area contributed by atoms with Crippen LogP contribution in [0.1, 0.15) is 23.2 Å². The summed E-state index contributed by atoms with van der Waals surface area (Å²) in [5.74, 6) is 2.43. The minimum atomic E-state index is -0.582. The number of furan rings is 1. The van der Waals surface area contributed by atoms with Gasteiger partial charge in [-0.15, -0.1) is 0 Å². The van der Waals surface area contributed by atoms with Crippen molar-refractivity contribution in [2.75, 3.05) is 27.3 Å². The lowest BCUT2D eigenvalue weighted by atomic mass is 9.78. The van der Waals surface area contributed by atoms with Gasteiger partial charge in [0.1, 0.15) is 17.4 Å². The molecule has 2 aliphatic rings. The first-order chi connectivity index (χ1) is 15.6. The van der Waals surface area contributed by atoms with Crippen LogP contribution in [0, 0.1) is 11.8 Å². The third kappa shape index (κ3) is 3.77. The highest BCUT2D eigenvalue weighted by atomic mass is 16.5. The maximum Gasteiger partial charge on any atom is 0.253 e. The first kappa shape index (κ1) is 20.7. The van der Waals surface area contributed by atoms with E-state index in [2.05, 4.69) is 0 Å². The quantitative estimate of drug-likeness (QED) is 0.655. The van der Waals surface area contributed by atoms with Gasteiger partial charge in [-0.2, -0.15) is 0 Å². The van der Waals surface area contributed by atoms with Crippen LogP contribution in [0.25, 0.3) is 11.0 Å². The van der Waals surface area contributed by atoms with Crippen molar-refractivity contribution in [2.24, 2.45) is 11.8 Å². The van der Waals surface area contributed by atoms with Gasteiger partial charge >= 0.3 is 0 Å². The molecule has 1 aromatic heterocycles. The number of methoxy groups -OCH3 is 2. The van der Waals surface area contributed by atoms with E-state index in [1.807, 2.05) is 35.2 Å². The zero-order chi connectivity index (χ0) is 22.2. The molecule has 2 heterocycles. The Morgan fingerprint density at radius 1 is 1.00 bits per heavy atom. The Kier molecular flexibility index (Phi) is 5.43. The van der Waals surface area contributed by atoms with Gasteiger partial charge in [0.15, 0.2) is 11.5 Å². The lowest BCUT2D eigenvalue weighted by Crippen LogP contribution is -2.42. The van der Waals surface area contributed by atoms with Gasteiger partial charge in [-0.3, -0.25) is 4.79 Å². The smallest absolute Gasteiger partial charge is 0.253 e. The maximum atomic E-state index is 13.1. The number of hydrogen-bond donors (Lipinski definition) is 1. The summed E-state index contributed by atoms with van der Waals surface area (Å²) in [4.78, 5) is 15.0. The molecule has 1 amide bonds. The van der Waals surface area contributed by atoms with E-state index in [1.165, 1.54) is 0 Å². The van der Waals surface area contributed by atoms with Crippen molar-refractivity contribution < 1.29 is 28.5 Å². The van der Waals surface area contributed by atoms with Crippen molar-refractivity contribution >= 4 is 16.9 Å². The number of carbonyl (C=O) groups is 1. The van der Waals surface area contributed by atoms with E-state index < -0.39 is 6.10 Å². The molecule has 168 valence electrons. The number of aliphatic hydroxyl groups is 1. The standard InChI is InChI=1S/C25H27NO6/c1-29-22-6-4-19(12-24(22)30-2)32-23-11-18-14-26(13-17(18)10-20(23)27)25(28)16-3-5-21-15(9-16)7-8-31-21/h3-9,12,17-18,20,23,27H,10-11,13-14H2,1-2H3/t17-,18+,20+,23+/m0/s1. The summed E-state index contributed by atoms with van der Waals surface area (Å²) in [6.07, 6.45) is 2.04. The van der Waals surface area contributed by atoms with E-state index in [9.17, 15) is 9.90 Å². The Balaban J connectivity index is 1.27. The SMILES string of the molecule is COc1ccc(O[C@@H]2C[C@@H]3CN(C(=O)c4ccc5occc5c4)C[C@@H]3C[C@H]2O)cc1OC. The molecule has 1 aliphatic carbocycles. The second kappa shape index (κ2) is 8.39.